The fourth-order valence-corrected chi connectivity index (χ4v) is 5.06. The highest BCUT2D eigenvalue weighted by Gasteiger charge is 2.41. The van der Waals surface area contributed by atoms with Crippen LogP contribution in [-0.4, -0.2) is 39.8 Å². The average Bonchev–Trinajstić information content (AvgIpc) is 3.23. The summed E-state index contributed by atoms with van der Waals surface area (Å²) in [5.41, 5.74) is 5.72. The molecule has 4 rings (SSSR count). The van der Waals surface area contributed by atoms with Crippen LogP contribution in [0.25, 0.3) is 5.69 Å². The lowest BCUT2D eigenvalue weighted by Crippen LogP contribution is -2.32. The third-order valence-electron chi connectivity index (χ3n) is 5.62. The molecule has 3 heterocycles. The fourth-order valence-electron chi connectivity index (χ4n) is 4.27. The van der Waals surface area contributed by atoms with Crippen LogP contribution in [0.3, 0.4) is 0 Å². The van der Waals surface area contributed by atoms with Gasteiger partial charge >= 0.3 is 0 Å². The standard InChI is InChI=1S/C23H25BrN4OS/c1-15-14-17(16(2)28(15)20-10-5-4-8-18(20)24)22-21(19-9-6-7-11-25-19)26-23(30)27(22)12-13-29-3/h4-11,14,21-22H,12-13H2,1-3H3,(H,26,30)/t21-,22+/m0/s1. The van der Waals surface area contributed by atoms with E-state index in [0.29, 0.717) is 6.61 Å². The first-order valence-electron chi connectivity index (χ1n) is 9.93. The number of nitrogens with one attached hydrogen (secondary N) is 1. The minimum atomic E-state index is -0.0243. The van der Waals surface area contributed by atoms with Crippen LogP contribution >= 0.6 is 28.1 Å². The lowest BCUT2D eigenvalue weighted by molar-refractivity contribution is 0.164. The Morgan fingerprint density at radius 1 is 1.17 bits per heavy atom. The summed E-state index contributed by atoms with van der Waals surface area (Å²) in [7, 11) is 1.72. The van der Waals surface area contributed by atoms with E-state index >= 15 is 0 Å². The molecule has 1 N–H and O–H groups in total. The van der Waals surface area contributed by atoms with Crippen LogP contribution < -0.4 is 5.32 Å². The predicted molar refractivity (Wildman–Crippen MR) is 127 cm³/mol. The van der Waals surface area contributed by atoms with Crippen molar-refractivity contribution in [3.63, 3.8) is 0 Å². The number of halogens is 1. The molecule has 3 aromatic rings. The second-order valence-electron chi connectivity index (χ2n) is 7.43. The van der Waals surface area contributed by atoms with Gasteiger partial charge in [-0.05, 0) is 77.9 Å². The van der Waals surface area contributed by atoms with Crippen molar-refractivity contribution in [3.8, 4) is 5.69 Å². The van der Waals surface area contributed by atoms with Crippen LogP contribution in [0.1, 0.15) is 34.7 Å². The van der Waals surface area contributed by atoms with Crippen molar-refractivity contribution in [1.82, 2.24) is 19.8 Å². The highest BCUT2D eigenvalue weighted by molar-refractivity contribution is 9.10. The highest BCUT2D eigenvalue weighted by Crippen LogP contribution is 2.41. The van der Waals surface area contributed by atoms with Gasteiger partial charge in [0.15, 0.2) is 5.11 Å². The summed E-state index contributed by atoms with van der Waals surface area (Å²) >= 11 is 9.43. The molecule has 156 valence electrons. The second-order valence-corrected chi connectivity index (χ2v) is 8.67. The number of aryl methyl sites for hydroxylation is 1. The van der Waals surface area contributed by atoms with Crippen LogP contribution in [0.4, 0.5) is 0 Å². The number of hydrogen-bond donors (Lipinski definition) is 1. The molecule has 1 aliphatic heterocycles. The van der Waals surface area contributed by atoms with Gasteiger partial charge in [0.05, 0.1) is 30.1 Å². The highest BCUT2D eigenvalue weighted by atomic mass is 79.9. The second kappa shape index (κ2) is 8.88. The maximum atomic E-state index is 5.72. The molecule has 1 saturated heterocycles. The molecule has 0 amide bonds. The van der Waals surface area contributed by atoms with Crippen molar-refractivity contribution < 1.29 is 4.74 Å². The topological polar surface area (TPSA) is 42.3 Å². The van der Waals surface area contributed by atoms with Crippen molar-refractivity contribution in [2.45, 2.75) is 25.9 Å². The number of pyridine rings is 1. The van der Waals surface area contributed by atoms with E-state index in [1.54, 1.807) is 7.11 Å². The van der Waals surface area contributed by atoms with E-state index < -0.39 is 0 Å². The van der Waals surface area contributed by atoms with Gasteiger partial charge in [-0.1, -0.05) is 18.2 Å². The quantitative estimate of drug-likeness (QED) is 0.505. The number of benzene rings is 1. The van der Waals surface area contributed by atoms with Gasteiger partial charge in [0, 0.05) is 35.7 Å². The first-order chi connectivity index (χ1) is 14.5. The molecule has 5 nitrogen and oxygen atoms in total. The molecule has 1 fully saturated rings. The van der Waals surface area contributed by atoms with E-state index in [0.717, 1.165) is 27.5 Å². The van der Waals surface area contributed by atoms with Gasteiger partial charge in [0.1, 0.15) is 0 Å². The van der Waals surface area contributed by atoms with Crippen molar-refractivity contribution >= 4 is 33.3 Å². The average molecular weight is 485 g/mol. The summed E-state index contributed by atoms with van der Waals surface area (Å²) in [5, 5.41) is 4.24. The van der Waals surface area contributed by atoms with E-state index in [1.807, 2.05) is 24.4 Å². The number of nitrogens with zero attached hydrogens (tertiary/aromatic N) is 3. The van der Waals surface area contributed by atoms with Gasteiger partial charge in [-0.2, -0.15) is 0 Å². The Hall–Kier alpha value is -2.22. The van der Waals surface area contributed by atoms with Crippen LogP contribution in [0.2, 0.25) is 0 Å². The number of hydrogen-bond acceptors (Lipinski definition) is 3. The largest absolute Gasteiger partial charge is 0.383 e. The van der Waals surface area contributed by atoms with Gasteiger partial charge < -0.3 is 19.5 Å². The Bertz CT molecular complexity index is 1050. The number of ether oxygens (including phenoxy) is 1. The van der Waals surface area contributed by atoms with E-state index in [-0.39, 0.29) is 12.1 Å². The first-order valence-corrected chi connectivity index (χ1v) is 11.1. The Balaban J connectivity index is 1.83. The zero-order valence-corrected chi connectivity index (χ0v) is 19.7. The van der Waals surface area contributed by atoms with Gasteiger partial charge in [0.2, 0.25) is 0 Å². The number of thiocarbonyl (C=S) groups is 1. The van der Waals surface area contributed by atoms with Gasteiger partial charge in [0.25, 0.3) is 0 Å². The summed E-state index contributed by atoms with van der Waals surface area (Å²) in [6.07, 6.45) is 1.83. The molecule has 0 aliphatic carbocycles. The molecule has 0 unspecified atom stereocenters. The number of rotatable bonds is 6. The lowest BCUT2D eigenvalue weighted by atomic mass is 9.97. The molecular weight excluding hydrogens is 460 g/mol. The minimum absolute atomic E-state index is 0.0243. The van der Waals surface area contributed by atoms with Crippen LogP contribution in [0.15, 0.2) is 59.2 Å². The maximum Gasteiger partial charge on any atom is 0.170 e. The first kappa shape index (κ1) is 21.0. The lowest BCUT2D eigenvalue weighted by Gasteiger charge is -2.28. The third-order valence-corrected chi connectivity index (χ3v) is 6.64. The van der Waals surface area contributed by atoms with E-state index in [9.17, 15) is 0 Å². The SMILES string of the molecule is COCCN1C(=S)N[C@@H](c2ccccn2)[C@H]1c1cc(C)n(-c2ccccc2Br)c1C. The monoisotopic (exact) mass is 484 g/mol. The molecule has 2 aromatic heterocycles. The zero-order valence-electron chi connectivity index (χ0n) is 17.3. The molecule has 1 aromatic carbocycles. The maximum absolute atomic E-state index is 5.72. The normalized spacial score (nSPS) is 18.7. The predicted octanol–water partition coefficient (Wildman–Crippen LogP) is 4.87. The molecule has 0 spiro atoms. The number of methoxy groups -OCH3 is 1. The van der Waals surface area contributed by atoms with E-state index in [2.05, 4.69) is 79.9 Å². The summed E-state index contributed by atoms with van der Waals surface area (Å²) in [6.45, 7) is 5.64. The Labute approximate surface area is 191 Å². The van der Waals surface area contributed by atoms with Crippen molar-refractivity contribution in [2.75, 3.05) is 20.3 Å². The third kappa shape index (κ3) is 3.77. The summed E-state index contributed by atoms with van der Waals surface area (Å²) in [5.74, 6) is 0. The molecule has 1 aliphatic rings. The van der Waals surface area contributed by atoms with Crippen molar-refractivity contribution in [3.05, 3.63) is 81.8 Å². The van der Waals surface area contributed by atoms with Crippen molar-refractivity contribution in [1.29, 1.82) is 0 Å². The van der Waals surface area contributed by atoms with Crippen LogP contribution in [-0.2, 0) is 4.74 Å². The fraction of sp³-hybridized carbons (Fsp3) is 0.304. The van der Waals surface area contributed by atoms with Crippen molar-refractivity contribution in [2.24, 2.45) is 0 Å². The molecule has 7 heteroatoms. The van der Waals surface area contributed by atoms with Crippen LogP contribution in [0.5, 0.6) is 0 Å². The molecule has 30 heavy (non-hydrogen) atoms. The zero-order chi connectivity index (χ0) is 21.3. The summed E-state index contributed by atoms with van der Waals surface area (Å²) in [4.78, 5) is 6.85. The van der Waals surface area contributed by atoms with Gasteiger partial charge in [-0.25, -0.2) is 0 Å². The molecule has 2 atom stereocenters. The number of aromatic nitrogens is 2. The molecule has 0 bridgehead atoms. The molecule has 0 saturated carbocycles. The summed E-state index contributed by atoms with van der Waals surface area (Å²) in [6, 6.07) is 16.6. The summed E-state index contributed by atoms with van der Waals surface area (Å²) < 4.78 is 8.73. The molecule has 0 radical (unpaired) electrons. The van der Waals surface area contributed by atoms with E-state index in [1.165, 1.54) is 17.0 Å². The van der Waals surface area contributed by atoms with Gasteiger partial charge in [-0.3, -0.25) is 4.98 Å². The minimum Gasteiger partial charge on any atom is -0.383 e. The Kier molecular flexibility index (Phi) is 6.22. The van der Waals surface area contributed by atoms with Gasteiger partial charge in [-0.15, -0.1) is 0 Å². The Morgan fingerprint density at radius 3 is 2.63 bits per heavy atom. The Morgan fingerprint density at radius 2 is 1.93 bits per heavy atom. The van der Waals surface area contributed by atoms with E-state index in [4.69, 9.17) is 17.0 Å². The molecular formula is C23H25BrN4OS. The van der Waals surface area contributed by atoms with Crippen LogP contribution in [0, 0.1) is 13.8 Å². The smallest absolute Gasteiger partial charge is 0.170 e. The number of para-hydroxylation sites is 1.